The number of hydrogen-bond donors (Lipinski definition) is 0. The van der Waals surface area contributed by atoms with Crippen molar-refractivity contribution >= 4 is 67.3 Å². The van der Waals surface area contributed by atoms with E-state index in [0.717, 1.165) is 57.1 Å². The molecule has 2 unspecified atom stereocenters. The van der Waals surface area contributed by atoms with Crippen LogP contribution in [0.5, 0.6) is 0 Å². The van der Waals surface area contributed by atoms with Crippen LogP contribution >= 0.6 is 17.0 Å². The van der Waals surface area contributed by atoms with Gasteiger partial charge in [-0.3, -0.25) is 0 Å². The number of allylic oxidation sites excluding steroid dienone is 2. The van der Waals surface area contributed by atoms with E-state index in [4.69, 9.17) is 8.83 Å². The molecule has 6 heteroatoms. The van der Waals surface area contributed by atoms with Crippen molar-refractivity contribution in [2.24, 2.45) is 0 Å². The average Bonchev–Trinajstić information content (AvgIpc) is 4.05. The fourth-order valence-corrected chi connectivity index (χ4v) is 38.2. The van der Waals surface area contributed by atoms with Crippen molar-refractivity contribution in [1.82, 2.24) is 0 Å². The van der Waals surface area contributed by atoms with Crippen LogP contribution in [-0.4, -0.2) is 5.43 Å². The predicted molar refractivity (Wildman–Crippen MR) is 255 cm³/mol. The van der Waals surface area contributed by atoms with Crippen LogP contribution in [0.2, 0.25) is 13.1 Å². The quantitative estimate of drug-likeness (QED) is 0.142. The molecule has 0 aliphatic heterocycles. The molecule has 2 nitrogen and oxygen atoms in total. The number of halogens is 2. The van der Waals surface area contributed by atoms with Crippen LogP contribution in [0, 0.1) is 13.8 Å². The van der Waals surface area contributed by atoms with Crippen LogP contribution in [0.3, 0.4) is 0 Å². The number of furan rings is 2. The molecule has 2 aromatic heterocycles. The Bertz CT molecular complexity index is 3000. The molecule has 0 fully saturated rings. The van der Waals surface area contributed by atoms with E-state index >= 15 is 0 Å². The number of rotatable bonds is 8. The number of hydrogen-bond acceptors (Lipinski definition) is 2. The van der Waals surface area contributed by atoms with Crippen LogP contribution in [0.15, 0.2) is 143 Å². The Labute approximate surface area is 361 Å². The second-order valence-electron chi connectivity index (χ2n) is 17.2. The molecule has 2 aliphatic carbocycles. The molecule has 0 radical (unpaired) electrons. The van der Waals surface area contributed by atoms with E-state index in [1.165, 1.54) is 66.8 Å². The number of fused-ring (bicyclic) bond motifs is 4. The van der Waals surface area contributed by atoms with Crippen molar-refractivity contribution < 1.29 is 23.8 Å². The van der Waals surface area contributed by atoms with E-state index in [9.17, 15) is 17.0 Å². The maximum atomic E-state index is 9.17. The molecule has 2 heterocycles. The predicted octanol–water partition coefficient (Wildman–Crippen LogP) is 16.4. The molecule has 0 saturated heterocycles. The average molecular weight is 919 g/mol. The maximum absolute atomic E-state index is 9.17. The van der Waals surface area contributed by atoms with Crippen molar-refractivity contribution in [1.29, 1.82) is 0 Å². The summed E-state index contributed by atoms with van der Waals surface area (Å²) in [6.45, 7) is 13.6. The molecule has 10 rings (SSSR count). The van der Waals surface area contributed by atoms with Gasteiger partial charge in [-0.25, -0.2) is 0 Å². The van der Waals surface area contributed by atoms with Crippen LogP contribution in [0.25, 0.3) is 67.1 Å². The Morgan fingerprint density at radius 3 is 1.38 bits per heavy atom. The second kappa shape index (κ2) is 14.9. The van der Waals surface area contributed by atoms with Gasteiger partial charge >= 0.3 is 364 Å². The number of benzene rings is 6. The van der Waals surface area contributed by atoms with Gasteiger partial charge in [0.15, 0.2) is 0 Å². The minimum atomic E-state index is -5.55. The fourth-order valence-electron chi connectivity index (χ4n) is 10.6. The van der Waals surface area contributed by atoms with Crippen molar-refractivity contribution in [3.05, 3.63) is 190 Å². The summed E-state index contributed by atoms with van der Waals surface area (Å²) < 4.78 is 12.9. The first-order chi connectivity index (χ1) is 29.0. The van der Waals surface area contributed by atoms with Crippen LogP contribution in [0.1, 0.15) is 77.1 Å². The van der Waals surface area contributed by atoms with E-state index in [-0.39, 0.29) is 7.25 Å². The zero-order valence-corrected chi connectivity index (χ0v) is 40.0. The Kier molecular flexibility index (Phi) is 9.84. The Morgan fingerprint density at radius 1 is 0.550 bits per heavy atom. The van der Waals surface area contributed by atoms with E-state index in [0.29, 0.717) is 0 Å². The monoisotopic (exact) mass is 916 g/mol. The summed E-state index contributed by atoms with van der Waals surface area (Å²) >= 11 is -5.55. The Hall–Kier alpha value is -4.44. The van der Waals surface area contributed by atoms with Gasteiger partial charge in [0.25, 0.3) is 0 Å². The van der Waals surface area contributed by atoms with Gasteiger partial charge in [-0.15, -0.1) is 0 Å². The first kappa shape index (κ1) is 39.7. The number of aryl methyl sites for hydroxylation is 4. The molecule has 0 N–H and O–H groups in total. The van der Waals surface area contributed by atoms with Crippen LogP contribution in [-0.2, 0) is 27.9 Å². The van der Waals surface area contributed by atoms with Gasteiger partial charge in [0.2, 0.25) is 0 Å². The molecular weight excluding hydrogens is 871 g/mol. The Balaban J connectivity index is 1.33. The summed E-state index contributed by atoms with van der Waals surface area (Å²) in [4.78, 5) is 0. The molecular formula is C54H48Cl2O2SiZr. The van der Waals surface area contributed by atoms with Crippen LogP contribution in [0.4, 0.5) is 0 Å². The molecule has 2 atom stereocenters. The van der Waals surface area contributed by atoms with Crippen molar-refractivity contribution in [3.63, 3.8) is 0 Å². The van der Waals surface area contributed by atoms with E-state index in [1.54, 1.807) is 0 Å². The van der Waals surface area contributed by atoms with Crippen molar-refractivity contribution in [3.8, 4) is 22.3 Å². The third-order valence-electron chi connectivity index (χ3n) is 13.5. The molecule has 0 bridgehead atoms. The van der Waals surface area contributed by atoms with Gasteiger partial charge in [-0.1, -0.05) is 0 Å². The zero-order valence-electron chi connectivity index (χ0n) is 35.0. The first-order valence-corrected chi connectivity index (χ1v) is 36.6. The zero-order chi connectivity index (χ0) is 41.5. The molecule has 8 aromatic rings. The van der Waals surface area contributed by atoms with Gasteiger partial charge < -0.3 is 0 Å². The van der Waals surface area contributed by atoms with Crippen molar-refractivity contribution in [2.75, 3.05) is 0 Å². The van der Waals surface area contributed by atoms with Crippen molar-refractivity contribution in [2.45, 2.75) is 60.9 Å². The SMILES string of the molecule is CCc1ccc2c(c1-c1cccc(C)c1)C=C(c1occ3ccccc13)[CH]2[Zr]([Cl])([Cl])([CH]1C(c2occ3ccccc23)=Cc2c1ccc(CC)c2-c1cccc(C)c1)=[Si](C)C. The third-order valence-corrected chi connectivity index (χ3v) is 59.8. The fraction of sp³-hybridized carbons (Fsp3) is 0.185. The molecule has 0 spiro atoms. The van der Waals surface area contributed by atoms with E-state index < -0.39 is 20.4 Å². The molecule has 0 amide bonds. The van der Waals surface area contributed by atoms with Gasteiger partial charge in [0.1, 0.15) is 0 Å². The summed E-state index contributed by atoms with van der Waals surface area (Å²) in [5, 5.41) is 4.29. The molecule has 6 aromatic carbocycles. The summed E-state index contributed by atoms with van der Waals surface area (Å²) in [6, 6.07) is 44.2. The second-order valence-corrected chi connectivity index (χ2v) is 56.0. The van der Waals surface area contributed by atoms with Gasteiger partial charge in [0.05, 0.1) is 0 Å². The van der Waals surface area contributed by atoms with E-state index in [2.05, 4.69) is 174 Å². The summed E-state index contributed by atoms with van der Waals surface area (Å²) in [6.07, 6.45) is 10.4. The molecule has 0 saturated carbocycles. The standard InChI is InChI=1S/2C26H21O.C2H6Si.2ClH.Zr/c2*1-3-18-11-12-19-14-22(26-23-10-5-4-8-21(23)16-27-26)15-24(19)25(18)20-9-6-7-17(2)13-20;1-3-2;;;/h2*4-16H,3H2,1-2H3;1-2H3;2*1H;/q;;;;;+2/p-2. The topological polar surface area (TPSA) is 26.3 Å². The summed E-state index contributed by atoms with van der Waals surface area (Å²) in [5.74, 6) is 1.72. The first-order valence-electron chi connectivity index (χ1n) is 21.2. The summed E-state index contributed by atoms with van der Waals surface area (Å²) in [7, 11) is 18.3. The normalized spacial score (nSPS) is 16.3. The summed E-state index contributed by atoms with van der Waals surface area (Å²) in [5.41, 5.74) is 15.6. The minimum absolute atomic E-state index is 0.272. The van der Waals surface area contributed by atoms with Gasteiger partial charge in [-0.2, -0.15) is 0 Å². The molecule has 2 aliphatic rings. The van der Waals surface area contributed by atoms with Gasteiger partial charge in [-0.05, 0) is 0 Å². The third kappa shape index (κ3) is 5.96. The van der Waals surface area contributed by atoms with Crippen LogP contribution < -0.4 is 0 Å². The molecule has 60 heavy (non-hydrogen) atoms. The van der Waals surface area contributed by atoms with Gasteiger partial charge in [0, 0.05) is 0 Å². The molecule has 298 valence electrons. The van der Waals surface area contributed by atoms with E-state index in [1.807, 2.05) is 12.5 Å². The Morgan fingerprint density at radius 2 is 0.983 bits per heavy atom.